The number of rotatable bonds is 5. The Labute approximate surface area is 117 Å². The average molecular weight is 337 g/mol. The second-order valence-electron chi connectivity index (χ2n) is 3.40. The van der Waals surface area contributed by atoms with Crippen molar-refractivity contribution in [2.75, 3.05) is 6.61 Å². The van der Waals surface area contributed by atoms with E-state index in [1.807, 2.05) is 0 Å². The lowest BCUT2D eigenvalue weighted by atomic mass is 10.3. The fraction of sp³-hybridized carbons (Fsp3) is 0.273. The fourth-order valence-corrected chi connectivity index (χ4v) is 1.82. The molecule has 0 fully saturated rings. The molecule has 1 rings (SSSR count). The summed E-state index contributed by atoms with van der Waals surface area (Å²) in [6.07, 6.45) is -0.977. The van der Waals surface area contributed by atoms with Crippen molar-refractivity contribution in [1.82, 2.24) is 0 Å². The van der Waals surface area contributed by atoms with E-state index >= 15 is 0 Å². The first-order chi connectivity index (χ1) is 8.40. The molecule has 1 unspecified atom stereocenters. The van der Waals surface area contributed by atoms with E-state index in [1.54, 1.807) is 18.2 Å². The van der Waals surface area contributed by atoms with Crippen LogP contribution in [0.25, 0.3) is 0 Å². The highest BCUT2D eigenvalue weighted by atomic mass is 79.9. The van der Waals surface area contributed by atoms with Crippen molar-refractivity contribution in [2.45, 2.75) is 13.0 Å². The minimum Gasteiger partial charge on any atom is -0.481 e. The number of hydrogen-bond donors (Lipinski definition) is 1. The Bertz CT molecular complexity index is 466. The molecule has 1 aromatic carbocycles. The third-order valence-electron chi connectivity index (χ3n) is 1.95. The normalized spacial score (nSPS) is 11.7. The summed E-state index contributed by atoms with van der Waals surface area (Å²) in [5.41, 5.74) is 4.95. The van der Waals surface area contributed by atoms with E-state index < -0.39 is 18.0 Å². The molecule has 1 aromatic rings. The number of hydrogen-bond acceptors (Lipinski definition) is 4. The highest BCUT2D eigenvalue weighted by molar-refractivity contribution is 9.10. The molecule has 0 heterocycles. The zero-order valence-corrected chi connectivity index (χ0v) is 11.8. The van der Waals surface area contributed by atoms with Gasteiger partial charge in [-0.15, -0.1) is 0 Å². The van der Waals surface area contributed by atoms with Gasteiger partial charge in [0.1, 0.15) is 5.75 Å². The summed E-state index contributed by atoms with van der Waals surface area (Å²) in [5, 5.41) is 0.541. The van der Waals surface area contributed by atoms with Crippen molar-refractivity contribution in [3.8, 4) is 5.75 Å². The van der Waals surface area contributed by atoms with Gasteiger partial charge < -0.3 is 15.2 Å². The average Bonchev–Trinajstić information content (AvgIpc) is 2.27. The van der Waals surface area contributed by atoms with Crippen LogP contribution in [0.5, 0.6) is 5.75 Å². The molecule has 1 amide bonds. The number of benzene rings is 1. The van der Waals surface area contributed by atoms with Crippen LogP contribution >= 0.6 is 27.5 Å². The smallest absolute Gasteiger partial charge is 0.344 e. The highest BCUT2D eigenvalue weighted by Crippen LogP contribution is 2.27. The third-order valence-corrected chi connectivity index (χ3v) is 2.80. The van der Waals surface area contributed by atoms with Crippen LogP contribution in [-0.4, -0.2) is 24.6 Å². The summed E-state index contributed by atoms with van der Waals surface area (Å²) < 4.78 is 10.5. The Morgan fingerprint density at radius 1 is 1.50 bits per heavy atom. The second kappa shape index (κ2) is 6.61. The van der Waals surface area contributed by atoms with Gasteiger partial charge in [0.15, 0.2) is 12.7 Å². The number of carbonyl (C=O) groups is 2. The summed E-state index contributed by atoms with van der Waals surface area (Å²) in [7, 11) is 0. The fourth-order valence-electron chi connectivity index (χ4n) is 1.02. The lowest BCUT2D eigenvalue weighted by Gasteiger charge is -2.11. The van der Waals surface area contributed by atoms with Crippen LogP contribution in [0.4, 0.5) is 0 Å². The van der Waals surface area contributed by atoms with Crippen LogP contribution in [0.3, 0.4) is 0 Å². The van der Waals surface area contributed by atoms with Crippen LogP contribution in [0.2, 0.25) is 5.02 Å². The Balaban J connectivity index is 2.50. The molecule has 0 radical (unpaired) electrons. The summed E-state index contributed by atoms with van der Waals surface area (Å²) in [6.45, 7) is 1.07. The van der Waals surface area contributed by atoms with Gasteiger partial charge in [-0.3, -0.25) is 4.79 Å². The van der Waals surface area contributed by atoms with E-state index in [0.717, 1.165) is 0 Å². The van der Waals surface area contributed by atoms with E-state index in [9.17, 15) is 9.59 Å². The second-order valence-corrected chi connectivity index (χ2v) is 4.69. The number of amides is 1. The molecular formula is C11H11BrClNO4. The SMILES string of the molecule is CC(OC(=O)COc1ccc(Cl)cc1Br)C(N)=O. The van der Waals surface area contributed by atoms with Crippen molar-refractivity contribution < 1.29 is 19.1 Å². The van der Waals surface area contributed by atoms with Crippen molar-refractivity contribution in [1.29, 1.82) is 0 Å². The molecule has 0 aromatic heterocycles. The third kappa shape index (κ3) is 4.54. The van der Waals surface area contributed by atoms with E-state index in [0.29, 0.717) is 15.2 Å². The van der Waals surface area contributed by atoms with E-state index in [1.165, 1.54) is 6.92 Å². The maximum Gasteiger partial charge on any atom is 0.344 e. The molecule has 0 saturated carbocycles. The number of nitrogens with two attached hydrogens (primary N) is 1. The molecule has 0 aliphatic rings. The lowest BCUT2D eigenvalue weighted by Crippen LogP contribution is -2.32. The van der Waals surface area contributed by atoms with Gasteiger partial charge in [0.25, 0.3) is 5.91 Å². The van der Waals surface area contributed by atoms with Gasteiger partial charge in [-0.1, -0.05) is 11.6 Å². The van der Waals surface area contributed by atoms with E-state index in [2.05, 4.69) is 15.9 Å². The number of halogens is 2. The Morgan fingerprint density at radius 2 is 2.17 bits per heavy atom. The molecule has 7 heteroatoms. The number of carbonyl (C=O) groups excluding carboxylic acids is 2. The number of primary amides is 1. The Hall–Kier alpha value is -1.27. The molecule has 98 valence electrons. The summed E-state index contributed by atoms with van der Waals surface area (Å²) in [5.74, 6) is -0.942. The van der Waals surface area contributed by atoms with Crippen LogP contribution in [0.15, 0.2) is 22.7 Å². The Morgan fingerprint density at radius 3 is 2.72 bits per heavy atom. The molecule has 2 N–H and O–H groups in total. The van der Waals surface area contributed by atoms with Gasteiger partial charge in [-0.25, -0.2) is 4.79 Å². The predicted molar refractivity (Wildman–Crippen MR) is 69.4 cm³/mol. The quantitative estimate of drug-likeness (QED) is 0.833. The van der Waals surface area contributed by atoms with E-state index in [4.69, 9.17) is 26.8 Å². The molecule has 0 bridgehead atoms. The summed E-state index contributed by atoms with van der Waals surface area (Å²) >= 11 is 8.99. The first-order valence-electron chi connectivity index (χ1n) is 4.97. The van der Waals surface area contributed by atoms with Gasteiger partial charge in [-0.05, 0) is 41.1 Å². The summed E-state index contributed by atoms with van der Waals surface area (Å²) in [4.78, 5) is 22.0. The topological polar surface area (TPSA) is 78.6 Å². The molecule has 5 nitrogen and oxygen atoms in total. The molecule has 0 spiro atoms. The number of esters is 1. The van der Waals surface area contributed by atoms with Crippen molar-refractivity contribution in [3.05, 3.63) is 27.7 Å². The van der Waals surface area contributed by atoms with Gasteiger partial charge in [-0.2, -0.15) is 0 Å². The van der Waals surface area contributed by atoms with Crippen LogP contribution in [-0.2, 0) is 14.3 Å². The molecule has 0 aliphatic carbocycles. The monoisotopic (exact) mass is 335 g/mol. The van der Waals surface area contributed by atoms with Gasteiger partial charge in [0.05, 0.1) is 4.47 Å². The largest absolute Gasteiger partial charge is 0.481 e. The molecule has 18 heavy (non-hydrogen) atoms. The maximum atomic E-state index is 11.3. The van der Waals surface area contributed by atoms with Crippen LogP contribution < -0.4 is 10.5 Å². The molecule has 0 aliphatic heterocycles. The van der Waals surface area contributed by atoms with Crippen molar-refractivity contribution in [3.63, 3.8) is 0 Å². The number of ether oxygens (including phenoxy) is 2. The minimum atomic E-state index is -0.977. The first-order valence-corrected chi connectivity index (χ1v) is 6.14. The Kier molecular flexibility index (Phi) is 5.43. The molecule has 0 saturated heterocycles. The van der Waals surface area contributed by atoms with Gasteiger partial charge >= 0.3 is 5.97 Å². The van der Waals surface area contributed by atoms with Crippen molar-refractivity contribution >= 4 is 39.4 Å². The predicted octanol–water partition coefficient (Wildman–Crippen LogP) is 1.90. The van der Waals surface area contributed by atoms with Gasteiger partial charge in [0, 0.05) is 5.02 Å². The molecular weight excluding hydrogens is 325 g/mol. The van der Waals surface area contributed by atoms with E-state index in [-0.39, 0.29) is 6.61 Å². The summed E-state index contributed by atoms with van der Waals surface area (Å²) in [6, 6.07) is 4.87. The van der Waals surface area contributed by atoms with Gasteiger partial charge in [0.2, 0.25) is 0 Å². The van der Waals surface area contributed by atoms with Crippen molar-refractivity contribution in [2.24, 2.45) is 5.73 Å². The highest BCUT2D eigenvalue weighted by Gasteiger charge is 2.15. The zero-order chi connectivity index (χ0) is 13.7. The lowest BCUT2D eigenvalue weighted by molar-refractivity contribution is -0.155. The van der Waals surface area contributed by atoms with Crippen LogP contribution in [0.1, 0.15) is 6.92 Å². The standard InChI is InChI=1S/C11H11BrClNO4/c1-6(11(14)16)18-10(15)5-17-9-3-2-7(13)4-8(9)12/h2-4,6H,5H2,1H3,(H2,14,16). The zero-order valence-electron chi connectivity index (χ0n) is 9.48. The molecule has 1 atom stereocenters. The first kappa shape index (κ1) is 14.8. The maximum absolute atomic E-state index is 11.3. The minimum absolute atomic E-state index is 0.322. The van der Waals surface area contributed by atoms with Crippen LogP contribution in [0, 0.1) is 0 Å².